The van der Waals surface area contributed by atoms with E-state index in [-0.39, 0.29) is 0 Å². The van der Waals surface area contributed by atoms with E-state index < -0.39 is 6.08 Å². The third-order valence-corrected chi connectivity index (χ3v) is 1.99. The van der Waals surface area contributed by atoms with Crippen LogP contribution in [0.1, 0.15) is 27.7 Å². The standard InChI is InChI=1S/C10H16FN3/c1-7(2)14(8(3)4)9-5-6-12-10(11)13-9/h5-8H,1-4H3. The summed E-state index contributed by atoms with van der Waals surface area (Å²) in [5.41, 5.74) is 0. The molecule has 3 nitrogen and oxygen atoms in total. The van der Waals surface area contributed by atoms with Gasteiger partial charge in [-0.15, -0.1) is 0 Å². The van der Waals surface area contributed by atoms with Crippen LogP contribution in [0.25, 0.3) is 0 Å². The molecule has 0 saturated heterocycles. The van der Waals surface area contributed by atoms with E-state index in [9.17, 15) is 4.39 Å². The average Bonchev–Trinajstić information content (AvgIpc) is 2.02. The summed E-state index contributed by atoms with van der Waals surface area (Å²) < 4.78 is 12.8. The van der Waals surface area contributed by atoms with E-state index in [0.29, 0.717) is 17.9 Å². The first-order valence-corrected chi connectivity index (χ1v) is 4.79. The summed E-state index contributed by atoms with van der Waals surface area (Å²) in [7, 11) is 0. The SMILES string of the molecule is CC(C)N(c1ccnc(F)n1)C(C)C. The molecule has 1 aromatic heterocycles. The van der Waals surface area contributed by atoms with Crippen LogP contribution in [0.5, 0.6) is 0 Å². The van der Waals surface area contributed by atoms with Gasteiger partial charge in [-0.3, -0.25) is 0 Å². The Balaban J connectivity index is 2.99. The molecule has 0 aliphatic rings. The number of hydrogen-bond donors (Lipinski definition) is 0. The van der Waals surface area contributed by atoms with Gasteiger partial charge < -0.3 is 4.90 Å². The first kappa shape index (κ1) is 10.9. The third-order valence-electron chi connectivity index (χ3n) is 1.99. The Labute approximate surface area is 84.0 Å². The number of aromatic nitrogens is 2. The van der Waals surface area contributed by atoms with Crippen LogP contribution in [-0.4, -0.2) is 22.1 Å². The molecule has 0 N–H and O–H groups in total. The highest BCUT2D eigenvalue weighted by molar-refractivity contribution is 5.38. The quantitative estimate of drug-likeness (QED) is 0.696. The first-order valence-electron chi connectivity index (χ1n) is 4.79. The van der Waals surface area contributed by atoms with Crippen molar-refractivity contribution in [1.29, 1.82) is 0 Å². The highest BCUT2D eigenvalue weighted by Crippen LogP contribution is 2.16. The van der Waals surface area contributed by atoms with Crippen LogP contribution in [0.4, 0.5) is 10.2 Å². The molecule has 1 rings (SSSR count). The Morgan fingerprint density at radius 2 is 1.79 bits per heavy atom. The second-order valence-electron chi connectivity index (χ2n) is 3.78. The summed E-state index contributed by atoms with van der Waals surface area (Å²) >= 11 is 0. The molecular weight excluding hydrogens is 181 g/mol. The molecule has 78 valence electrons. The van der Waals surface area contributed by atoms with E-state index in [0.717, 1.165) is 0 Å². The number of nitrogens with zero attached hydrogens (tertiary/aromatic N) is 3. The normalized spacial score (nSPS) is 11.1. The molecule has 0 fully saturated rings. The topological polar surface area (TPSA) is 29.0 Å². The fourth-order valence-electron chi connectivity index (χ4n) is 1.60. The van der Waals surface area contributed by atoms with Crippen molar-refractivity contribution in [3.8, 4) is 0 Å². The molecule has 14 heavy (non-hydrogen) atoms. The van der Waals surface area contributed by atoms with Crippen LogP contribution in [-0.2, 0) is 0 Å². The minimum atomic E-state index is -0.672. The van der Waals surface area contributed by atoms with Gasteiger partial charge in [-0.1, -0.05) is 0 Å². The van der Waals surface area contributed by atoms with Gasteiger partial charge in [-0.05, 0) is 33.8 Å². The molecule has 0 unspecified atom stereocenters. The van der Waals surface area contributed by atoms with E-state index in [1.807, 2.05) is 4.90 Å². The second kappa shape index (κ2) is 4.35. The van der Waals surface area contributed by atoms with Gasteiger partial charge in [0.1, 0.15) is 5.82 Å². The van der Waals surface area contributed by atoms with Crippen LogP contribution >= 0.6 is 0 Å². The molecule has 0 spiro atoms. The lowest BCUT2D eigenvalue weighted by molar-refractivity contribution is 0.526. The number of halogens is 1. The largest absolute Gasteiger partial charge is 0.352 e. The van der Waals surface area contributed by atoms with Gasteiger partial charge in [-0.25, -0.2) is 4.98 Å². The van der Waals surface area contributed by atoms with E-state index in [2.05, 4.69) is 37.7 Å². The zero-order chi connectivity index (χ0) is 10.7. The maximum absolute atomic E-state index is 12.8. The predicted octanol–water partition coefficient (Wildman–Crippen LogP) is 2.24. The third kappa shape index (κ3) is 2.40. The fourth-order valence-corrected chi connectivity index (χ4v) is 1.60. The summed E-state index contributed by atoms with van der Waals surface area (Å²) in [5.74, 6) is 0.641. The lowest BCUT2D eigenvalue weighted by Crippen LogP contribution is -2.37. The lowest BCUT2D eigenvalue weighted by atomic mass is 10.2. The summed E-state index contributed by atoms with van der Waals surface area (Å²) in [6.45, 7) is 8.22. The van der Waals surface area contributed by atoms with E-state index in [1.165, 1.54) is 6.20 Å². The Morgan fingerprint density at radius 3 is 2.21 bits per heavy atom. The molecule has 0 atom stereocenters. The fraction of sp³-hybridized carbons (Fsp3) is 0.600. The van der Waals surface area contributed by atoms with Crippen molar-refractivity contribution in [3.05, 3.63) is 18.3 Å². The van der Waals surface area contributed by atoms with E-state index in [4.69, 9.17) is 0 Å². The molecule has 0 aromatic carbocycles. The molecule has 1 aromatic rings. The molecule has 0 aliphatic carbocycles. The van der Waals surface area contributed by atoms with Gasteiger partial charge >= 0.3 is 6.08 Å². The van der Waals surface area contributed by atoms with E-state index >= 15 is 0 Å². The number of hydrogen-bond acceptors (Lipinski definition) is 3. The van der Waals surface area contributed by atoms with Crippen LogP contribution in [0, 0.1) is 6.08 Å². The van der Waals surface area contributed by atoms with Crippen molar-refractivity contribution in [1.82, 2.24) is 9.97 Å². The van der Waals surface area contributed by atoms with Crippen molar-refractivity contribution < 1.29 is 4.39 Å². The maximum Gasteiger partial charge on any atom is 0.310 e. The van der Waals surface area contributed by atoms with Gasteiger partial charge in [0.25, 0.3) is 0 Å². The maximum atomic E-state index is 12.8. The lowest BCUT2D eigenvalue weighted by Gasteiger charge is -2.31. The Hall–Kier alpha value is -1.19. The summed E-state index contributed by atoms with van der Waals surface area (Å²) in [6, 6.07) is 2.32. The van der Waals surface area contributed by atoms with Crippen molar-refractivity contribution in [2.75, 3.05) is 4.90 Å². The molecule has 1 heterocycles. The molecule has 0 saturated carbocycles. The first-order chi connectivity index (χ1) is 6.52. The zero-order valence-electron chi connectivity index (χ0n) is 9.03. The van der Waals surface area contributed by atoms with Gasteiger partial charge in [0.15, 0.2) is 0 Å². The van der Waals surface area contributed by atoms with E-state index in [1.54, 1.807) is 6.07 Å². The van der Waals surface area contributed by atoms with Crippen LogP contribution in [0.15, 0.2) is 12.3 Å². The van der Waals surface area contributed by atoms with Crippen molar-refractivity contribution in [3.63, 3.8) is 0 Å². The van der Waals surface area contributed by atoms with Gasteiger partial charge in [0, 0.05) is 18.3 Å². The van der Waals surface area contributed by atoms with Crippen molar-refractivity contribution in [2.45, 2.75) is 39.8 Å². The summed E-state index contributed by atoms with van der Waals surface area (Å²) in [5, 5.41) is 0. The van der Waals surface area contributed by atoms with Crippen LogP contribution in [0.2, 0.25) is 0 Å². The number of rotatable bonds is 3. The molecule has 0 aliphatic heterocycles. The Morgan fingerprint density at radius 1 is 1.21 bits per heavy atom. The zero-order valence-corrected chi connectivity index (χ0v) is 9.03. The predicted molar refractivity (Wildman–Crippen MR) is 54.7 cm³/mol. The highest BCUT2D eigenvalue weighted by Gasteiger charge is 2.15. The smallest absolute Gasteiger partial charge is 0.310 e. The summed E-state index contributed by atoms with van der Waals surface area (Å²) in [4.78, 5) is 9.25. The molecular formula is C10H16FN3. The molecule has 0 bridgehead atoms. The highest BCUT2D eigenvalue weighted by atomic mass is 19.1. The summed E-state index contributed by atoms with van der Waals surface area (Å²) in [6.07, 6.45) is 0.768. The molecule has 0 radical (unpaired) electrons. The Bertz CT molecular complexity index is 291. The average molecular weight is 197 g/mol. The molecule has 0 amide bonds. The second-order valence-corrected chi connectivity index (χ2v) is 3.78. The minimum absolute atomic E-state index is 0.296. The van der Waals surface area contributed by atoms with Gasteiger partial charge in [0.05, 0.1) is 0 Å². The van der Waals surface area contributed by atoms with Crippen molar-refractivity contribution >= 4 is 5.82 Å². The van der Waals surface area contributed by atoms with Crippen LogP contribution in [0.3, 0.4) is 0 Å². The monoisotopic (exact) mass is 197 g/mol. The van der Waals surface area contributed by atoms with Gasteiger partial charge in [-0.2, -0.15) is 9.37 Å². The van der Waals surface area contributed by atoms with Gasteiger partial charge in [0.2, 0.25) is 0 Å². The minimum Gasteiger partial charge on any atom is -0.352 e. The van der Waals surface area contributed by atoms with Crippen LogP contribution < -0.4 is 4.90 Å². The molecule has 4 heteroatoms. The Kier molecular flexibility index (Phi) is 3.38. The number of anilines is 1. The van der Waals surface area contributed by atoms with Crippen molar-refractivity contribution in [2.24, 2.45) is 0 Å².